The van der Waals surface area contributed by atoms with Crippen molar-refractivity contribution in [1.82, 2.24) is 0 Å². The fourth-order valence-electron chi connectivity index (χ4n) is 3.21. The number of carbonyl (C=O) groups is 1. The van der Waals surface area contributed by atoms with Gasteiger partial charge in [-0.3, -0.25) is 4.79 Å². The number of thioether (sulfide) groups is 1. The lowest BCUT2D eigenvalue weighted by Gasteiger charge is -2.39. The lowest BCUT2D eigenvalue weighted by molar-refractivity contribution is -0.129. The number of nitrogens with one attached hydrogen (secondary N) is 1. The normalized spacial score (nSPS) is 21.0. The Morgan fingerprint density at radius 3 is 2.38 bits per heavy atom. The summed E-state index contributed by atoms with van der Waals surface area (Å²) in [6.45, 7) is 0.453. The van der Waals surface area contributed by atoms with Crippen molar-refractivity contribution in [2.24, 2.45) is 11.1 Å². The summed E-state index contributed by atoms with van der Waals surface area (Å²) in [5, 5.41) is 3.81. The van der Waals surface area contributed by atoms with Crippen LogP contribution < -0.4 is 11.1 Å². The van der Waals surface area contributed by atoms with E-state index < -0.39 is 0 Å². The van der Waals surface area contributed by atoms with E-state index in [2.05, 4.69) is 17.4 Å². The monoisotopic (exact) mass is 304 g/mol. The van der Waals surface area contributed by atoms with Gasteiger partial charge in [-0.25, -0.2) is 0 Å². The average Bonchev–Trinajstić information content (AvgIpc) is 2.93. The summed E-state index contributed by atoms with van der Waals surface area (Å²) in [4.78, 5) is 13.6. The first-order valence-electron chi connectivity index (χ1n) is 8.00. The maximum absolute atomic E-state index is 12.3. The Balaban J connectivity index is 1.57. The van der Waals surface area contributed by atoms with Gasteiger partial charge in [-0.05, 0) is 49.9 Å². The molecule has 114 valence electrons. The molecule has 0 aromatic heterocycles. The molecule has 0 bridgehead atoms. The van der Waals surface area contributed by atoms with Gasteiger partial charge in [-0.2, -0.15) is 0 Å². The van der Waals surface area contributed by atoms with Crippen molar-refractivity contribution in [3.8, 4) is 0 Å². The maximum Gasteiger partial charge on any atom is 0.231 e. The maximum atomic E-state index is 12.3. The summed E-state index contributed by atoms with van der Waals surface area (Å²) in [5.41, 5.74) is 6.35. The van der Waals surface area contributed by atoms with Gasteiger partial charge in [-0.1, -0.05) is 19.3 Å². The molecule has 0 heterocycles. The van der Waals surface area contributed by atoms with Crippen LogP contribution in [0.1, 0.15) is 44.9 Å². The first kappa shape index (κ1) is 14.9. The molecule has 1 amide bonds. The number of rotatable bonds is 5. The van der Waals surface area contributed by atoms with E-state index in [4.69, 9.17) is 5.73 Å². The number of hydrogen-bond donors (Lipinski definition) is 2. The van der Waals surface area contributed by atoms with E-state index in [-0.39, 0.29) is 11.3 Å². The SMILES string of the molecule is NCC1(C(=O)Nc2ccc(SC3CCCC3)cc2)CCC1. The molecule has 1 aromatic rings. The highest BCUT2D eigenvalue weighted by Crippen LogP contribution is 2.41. The van der Waals surface area contributed by atoms with Gasteiger partial charge < -0.3 is 11.1 Å². The molecule has 21 heavy (non-hydrogen) atoms. The molecule has 3 N–H and O–H groups in total. The Hall–Kier alpha value is -1.00. The van der Waals surface area contributed by atoms with Gasteiger partial charge in [0.2, 0.25) is 5.91 Å². The summed E-state index contributed by atoms with van der Waals surface area (Å²) in [6, 6.07) is 8.26. The van der Waals surface area contributed by atoms with Crippen molar-refractivity contribution in [3.05, 3.63) is 24.3 Å². The van der Waals surface area contributed by atoms with E-state index >= 15 is 0 Å². The molecule has 2 saturated carbocycles. The highest BCUT2D eigenvalue weighted by atomic mass is 32.2. The second-order valence-corrected chi connectivity index (χ2v) is 7.71. The van der Waals surface area contributed by atoms with Gasteiger partial charge in [0, 0.05) is 22.4 Å². The van der Waals surface area contributed by atoms with Crippen LogP contribution in [-0.4, -0.2) is 17.7 Å². The summed E-state index contributed by atoms with van der Waals surface area (Å²) in [6.07, 6.45) is 8.36. The van der Waals surface area contributed by atoms with Crippen LogP contribution in [-0.2, 0) is 4.79 Å². The van der Waals surface area contributed by atoms with Gasteiger partial charge in [0.25, 0.3) is 0 Å². The lowest BCUT2D eigenvalue weighted by atomic mass is 9.68. The molecule has 0 aliphatic heterocycles. The van der Waals surface area contributed by atoms with Crippen molar-refractivity contribution >= 4 is 23.4 Å². The molecule has 2 fully saturated rings. The zero-order valence-corrected chi connectivity index (χ0v) is 13.3. The van der Waals surface area contributed by atoms with E-state index in [0.29, 0.717) is 6.54 Å². The van der Waals surface area contributed by atoms with E-state index in [9.17, 15) is 4.79 Å². The van der Waals surface area contributed by atoms with Crippen LogP contribution in [0.3, 0.4) is 0 Å². The highest BCUT2D eigenvalue weighted by Gasteiger charge is 2.42. The van der Waals surface area contributed by atoms with Crippen LogP contribution in [0.2, 0.25) is 0 Å². The Morgan fingerprint density at radius 2 is 1.86 bits per heavy atom. The smallest absolute Gasteiger partial charge is 0.231 e. The quantitative estimate of drug-likeness (QED) is 0.870. The summed E-state index contributed by atoms with van der Waals surface area (Å²) >= 11 is 1.97. The third-order valence-corrected chi connectivity index (χ3v) is 6.25. The summed E-state index contributed by atoms with van der Waals surface area (Å²) in [5.74, 6) is 0.0902. The number of anilines is 1. The molecular weight excluding hydrogens is 280 g/mol. The minimum absolute atomic E-state index is 0.0902. The van der Waals surface area contributed by atoms with E-state index in [1.165, 1.54) is 30.6 Å². The van der Waals surface area contributed by atoms with Crippen LogP contribution in [0.15, 0.2) is 29.2 Å². The second kappa shape index (κ2) is 6.41. The molecule has 3 rings (SSSR count). The van der Waals surface area contributed by atoms with Crippen LogP contribution in [0.25, 0.3) is 0 Å². The third kappa shape index (κ3) is 3.27. The molecule has 0 saturated heterocycles. The van der Waals surface area contributed by atoms with Gasteiger partial charge in [0.15, 0.2) is 0 Å². The molecule has 0 atom stereocenters. The molecule has 2 aliphatic rings. The van der Waals surface area contributed by atoms with Crippen molar-refractivity contribution in [2.45, 2.75) is 55.1 Å². The number of hydrogen-bond acceptors (Lipinski definition) is 3. The number of amides is 1. The van der Waals surface area contributed by atoms with Crippen LogP contribution >= 0.6 is 11.8 Å². The minimum atomic E-state index is -0.308. The average molecular weight is 304 g/mol. The summed E-state index contributed by atoms with van der Waals surface area (Å²) < 4.78 is 0. The number of carbonyl (C=O) groups excluding carboxylic acids is 1. The molecular formula is C17H24N2OS. The van der Waals surface area contributed by atoms with E-state index in [1.54, 1.807) is 0 Å². The van der Waals surface area contributed by atoms with Crippen LogP contribution in [0.5, 0.6) is 0 Å². The molecule has 4 heteroatoms. The summed E-state index contributed by atoms with van der Waals surface area (Å²) in [7, 11) is 0. The first-order valence-corrected chi connectivity index (χ1v) is 8.88. The van der Waals surface area contributed by atoms with Crippen molar-refractivity contribution in [1.29, 1.82) is 0 Å². The Morgan fingerprint density at radius 1 is 1.19 bits per heavy atom. The molecule has 0 radical (unpaired) electrons. The Bertz CT molecular complexity index is 485. The second-order valence-electron chi connectivity index (χ2n) is 6.34. The zero-order valence-electron chi connectivity index (χ0n) is 12.4. The van der Waals surface area contributed by atoms with Crippen LogP contribution in [0, 0.1) is 5.41 Å². The lowest BCUT2D eigenvalue weighted by Crippen LogP contribution is -2.47. The fourth-order valence-corrected chi connectivity index (χ4v) is 4.45. The first-order chi connectivity index (χ1) is 10.2. The van der Waals surface area contributed by atoms with Gasteiger partial charge >= 0.3 is 0 Å². The van der Waals surface area contributed by atoms with Gasteiger partial charge in [-0.15, -0.1) is 11.8 Å². The van der Waals surface area contributed by atoms with E-state index in [0.717, 1.165) is 30.2 Å². The Kier molecular flexibility index (Phi) is 4.55. The van der Waals surface area contributed by atoms with Gasteiger partial charge in [0.1, 0.15) is 0 Å². The predicted molar refractivity (Wildman–Crippen MR) is 88.5 cm³/mol. The minimum Gasteiger partial charge on any atom is -0.329 e. The van der Waals surface area contributed by atoms with Crippen molar-refractivity contribution in [2.75, 3.05) is 11.9 Å². The largest absolute Gasteiger partial charge is 0.329 e. The molecule has 2 aliphatic carbocycles. The number of benzene rings is 1. The molecule has 0 unspecified atom stereocenters. The van der Waals surface area contributed by atoms with E-state index in [1.807, 2.05) is 23.9 Å². The fraction of sp³-hybridized carbons (Fsp3) is 0.588. The number of nitrogens with two attached hydrogens (primary N) is 1. The molecule has 0 spiro atoms. The third-order valence-electron chi connectivity index (χ3n) is 4.90. The standard InChI is InChI=1S/C17H24N2OS/c18-12-17(10-3-11-17)16(20)19-13-6-8-15(9-7-13)21-14-4-1-2-5-14/h6-9,14H,1-5,10-12,18H2,(H,19,20). The van der Waals surface area contributed by atoms with Gasteiger partial charge in [0.05, 0.1) is 5.41 Å². The molecule has 3 nitrogen and oxygen atoms in total. The van der Waals surface area contributed by atoms with Crippen molar-refractivity contribution in [3.63, 3.8) is 0 Å². The molecule has 1 aromatic carbocycles. The Labute approximate surface area is 131 Å². The predicted octanol–water partition coefficient (Wildman–Crippen LogP) is 3.79. The zero-order chi connectivity index (χ0) is 14.7. The topological polar surface area (TPSA) is 55.1 Å². The van der Waals surface area contributed by atoms with Crippen LogP contribution in [0.4, 0.5) is 5.69 Å². The van der Waals surface area contributed by atoms with Crippen molar-refractivity contribution < 1.29 is 4.79 Å². The highest BCUT2D eigenvalue weighted by molar-refractivity contribution is 8.00.